The molecule has 0 heterocycles. The fourth-order valence-corrected chi connectivity index (χ4v) is 2.12. The molecule has 4 nitrogen and oxygen atoms in total. The van der Waals surface area contributed by atoms with Crippen LogP contribution in [0.2, 0.25) is 0 Å². The van der Waals surface area contributed by atoms with E-state index < -0.39 is 24.3 Å². The monoisotopic (exact) mass is 377 g/mol. The number of para-hydroxylation sites is 1. The molecule has 0 fully saturated rings. The molecule has 1 N–H and O–H groups in total. The lowest BCUT2D eigenvalue weighted by Gasteiger charge is -2.06. The Morgan fingerprint density at radius 1 is 1.13 bits per heavy atom. The third kappa shape index (κ3) is 5.34. The van der Waals surface area contributed by atoms with E-state index in [1.54, 1.807) is 12.1 Å². The molecule has 0 aliphatic rings. The fraction of sp³-hybridized carbons (Fsp3) is 0.0588. The Bertz CT molecular complexity index is 746. The summed E-state index contributed by atoms with van der Waals surface area (Å²) in [6.07, 6.45) is 2.79. The Balaban J connectivity index is 1.83. The number of esters is 1. The number of nitrogens with one attached hydrogen (secondary N) is 1. The van der Waals surface area contributed by atoms with Gasteiger partial charge >= 0.3 is 5.97 Å². The normalized spacial score (nSPS) is 10.5. The molecule has 0 saturated heterocycles. The molecule has 1 amide bonds. The molecule has 0 aromatic heterocycles. The van der Waals surface area contributed by atoms with Crippen LogP contribution in [0.15, 0.2) is 59.1 Å². The average molecular weight is 378 g/mol. The van der Waals surface area contributed by atoms with E-state index in [4.69, 9.17) is 4.74 Å². The van der Waals surface area contributed by atoms with Crippen LogP contribution in [0, 0.1) is 5.82 Å². The molecule has 6 heteroatoms. The molecule has 23 heavy (non-hydrogen) atoms. The van der Waals surface area contributed by atoms with Crippen LogP contribution in [0.4, 0.5) is 10.1 Å². The van der Waals surface area contributed by atoms with E-state index in [-0.39, 0.29) is 5.69 Å². The molecule has 0 unspecified atom stereocenters. The minimum Gasteiger partial charge on any atom is -0.452 e. The summed E-state index contributed by atoms with van der Waals surface area (Å²) >= 11 is 3.35. The minimum atomic E-state index is -0.663. The number of ether oxygens (including phenoxy) is 1. The molecule has 2 aromatic rings. The van der Waals surface area contributed by atoms with Crippen molar-refractivity contribution in [1.29, 1.82) is 0 Å². The second kappa shape index (κ2) is 8.24. The number of amides is 1. The topological polar surface area (TPSA) is 55.4 Å². The van der Waals surface area contributed by atoms with Crippen LogP contribution < -0.4 is 5.32 Å². The Hall–Kier alpha value is -2.47. The number of anilines is 1. The molecule has 0 saturated carbocycles. The molecule has 0 aliphatic carbocycles. The number of hydrogen-bond acceptors (Lipinski definition) is 3. The van der Waals surface area contributed by atoms with Crippen LogP contribution in [0.1, 0.15) is 5.56 Å². The maximum atomic E-state index is 13.4. The zero-order valence-corrected chi connectivity index (χ0v) is 13.5. The van der Waals surface area contributed by atoms with Crippen molar-refractivity contribution >= 4 is 39.6 Å². The molecule has 0 bridgehead atoms. The van der Waals surface area contributed by atoms with Gasteiger partial charge in [0, 0.05) is 10.5 Å². The van der Waals surface area contributed by atoms with Crippen molar-refractivity contribution in [2.75, 3.05) is 11.9 Å². The highest BCUT2D eigenvalue weighted by atomic mass is 79.9. The van der Waals surface area contributed by atoms with Crippen molar-refractivity contribution in [1.82, 2.24) is 0 Å². The highest BCUT2D eigenvalue weighted by molar-refractivity contribution is 9.10. The van der Waals surface area contributed by atoms with Crippen LogP contribution in [0.3, 0.4) is 0 Å². The van der Waals surface area contributed by atoms with Gasteiger partial charge in [-0.3, -0.25) is 4.79 Å². The first-order valence-corrected chi connectivity index (χ1v) is 7.49. The maximum Gasteiger partial charge on any atom is 0.331 e. The summed E-state index contributed by atoms with van der Waals surface area (Å²) in [6.45, 7) is -0.493. The number of carbonyl (C=O) groups excluding carboxylic acids is 2. The van der Waals surface area contributed by atoms with Gasteiger partial charge < -0.3 is 10.1 Å². The van der Waals surface area contributed by atoms with Gasteiger partial charge in [0.1, 0.15) is 5.82 Å². The second-order valence-corrected chi connectivity index (χ2v) is 5.34. The zero-order valence-electron chi connectivity index (χ0n) is 12.0. The number of benzene rings is 2. The number of halogens is 2. The number of carbonyl (C=O) groups is 2. The minimum absolute atomic E-state index is 0.0392. The number of hydrogen-bond donors (Lipinski definition) is 1. The van der Waals surface area contributed by atoms with Gasteiger partial charge in [-0.2, -0.15) is 0 Å². The van der Waals surface area contributed by atoms with Crippen LogP contribution in [-0.2, 0) is 14.3 Å². The summed E-state index contributed by atoms with van der Waals surface area (Å²) in [6, 6.07) is 13.1. The summed E-state index contributed by atoms with van der Waals surface area (Å²) < 4.78 is 19.0. The molecular weight excluding hydrogens is 365 g/mol. The summed E-state index contributed by atoms with van der Waals surface area (Å²) in [7, 11) is 0. The fourth-order valence-electron chi connectivity index (χ4n) is 1.70. The van der Waals surface area contributed by atoms with E-state index in [1.807, 2.05) is 24.3 Å². The second-order valence-electron chi connectivity index (χ2n) is 4.49. The van der Waals surface area contributed by atoms with Crippen molar-refractivity contribution < 1.29 is 18.7 Å². The largest absolute Gasteiger partial charge is 0.452 e. The van der Waals surface area contributed by atoms with Crippen LogP contribution in [0.5, 0.6) is 0 Å². The Labute approximate surface area is 141 Å². The highest BCUT2D eigenvalue weighted by Gasteiger charge is 2.08. The standard InChI is InChI=1S/C17H13BrFNO3/c18-13-6-2-1-5-12(13)9-10-17(22)23-11-16(21)20-15-8-4-3-7-14(15)19/h1-10H,11H2,(H,20,21)/b10-9+. The maximum absolute atomic E-state index is 13.4. The zero-order chi connectivity index (χ0) is 16.7. The van der Waals surface area contributed by atoms with Crippen molar-refractivity contribution in [3.05, 3.63) is 70.5 Å². The lowest BCUT2D eigenvalue weighted by atomic mass is 10.2. The Kier molecular flexibility index (Phi) is 6.05. The third-order valence-electron chi connectivity index (χ3n) is 2.80. The first kappa shape index (κ1) is 16.9. The molecule has 0 radical (unpaired) electrons. The summed E-state index contributed by atoms with van der Waals surface area (Å²) in [5.41, 5.74) is 0.845. The van der Waals surface area contributed by atoms with Gasteiger partial charge in [-0.15, -0.1) is 0 Å². The van der Waals surface area contributed by atoms with Gasteiger partial charge in [0.15, 0.2) is 6.61 Å². The van der Waals surface area contributed by atoms with Gasteiger partial charge in [0.2, 0.25) is 0 Å². The molecule has 118 valence electrons. The average Bonchev–Trinajstić information content (AvgIpc) is 2.54. The highest BCUT2D eigenvalue weighted by Crippen LogP contribution is 2.17. The Morgan fingerprint density at radius 3 is 2.57 bits per heavy atom. The molecule has 2 rings (SSSR count). The summed E-state index contributed by atoms with van der Waals surface area (Å²) in [5, 5.41) is 2.33. The lowest BCUT2D eigenvalue weighted by molar-refractivity contribution is -0.142. The van der Waals surface area contributed by atoms with Gasteiger partial charge in [-0.05, 0) is 29.8 Å². The van der Waals surface area contributed by atoms with Gasteiger partial charge in [-0.25, -0.2) is 9.18 Å². The van der Waals surface area contributed by atoms with Crippen LogP contribution in [-0.4, -0.2) is 18.5 Å². The van der Waals surface area contributed by atoms with Gasteiger partial charge in [0.25, 0.3) is 5.91 Å². The predicted molar refractivity (Wildman–Crippen MR) is 89.2 cm³/mol. The van der Waals surface area contributed by atoms with E-state index in [9.17, 15) is 14.0 Å². The van der Waals surface area contributed by atoms with Crippen molar-refractivity contribution in [2.45, 2.75) is 0 Å². The van der Waals surface area contributed by atoms with E-state index >= 15 is 0 Å². The smallest absolute Gasteiger partial charge is 0.331 e. The first-order valence-electron chi connectivity index (χ1n) is 6.70. The molecule has 2 aromatic carbocycles. The first-order chi connectivity index (χ1) is 11.1. The molecule has 0 atom stereocenters. The molecular formula is C17H13BrFNO3. The van der Waals surface area contributed by atoms with Crippen molar-refractivity contribution in [3.63, 3.8) is 0 Å². The SMILES string of the molecule is O=C(COC(=O)/C=C/c1ccccc1Br)Nc1ccccc1F. The summed E-state index contributed by atoms with van der Waals surface area (Å²) in [4.78, 5) is 23.2. The van der Waals surface area contributed by atoms with Gasteiger partial charge in [0.05, 0.1) is 5.69 Å². The van der Waals surface area contributed by atoms with Crippen molar-refractivity contribution in [3.8, 4) is 0 Å². The van der Waals surface area contributed by atoms with E-state index in [0.717, 1.165) is 10.0 Å². The third-order valence-corrected chi connectivity index (χ3v) is 3.52. The predicted octanol–water partition coefficient (Wildman–Crippen LogP) is 3.78. The Morgan fingerprint density at radius 2 is 1.83 bits per heavy atom. The van der Waals surface area contributed by atoms with Crippen LogP contribution in [0.25, 0.3) is 6.08 Å². The van der Waals surface area contributed by atoms with Crippen LogP contribution >= 0.6 is 15.9 Å². The summed E-state index contributed by atoms with van der Waals surface area (Å²) in [5.74, 6) is -1.83. The molecule has 0 spiro atoms. The lowest BCUT2D eigenvalue weighted by Crippen LogP contribution is -2.20. The number of rotatable bonds is 5. The van der Waals surface area contributed by atoms with Crippen molar-refractivity contribution in [2.24, 2.45) is 0 Å². The van der Waals surface area contributed by atoms with E-state index in [2.05, 4.69) is 21.2 Å². The quantitative estimate of drug-likeness (QED) is 0.637. The molecule has 0 aliphatic heterocycles. The van der Waals surface area contributed by atoms with Gasteiger partial charge in [-0.1, -0.05) is 46.3 Å². The van der Waals surface area contributed by atoms with E-state index in [1.165, 1.54) is 24.3 Å². The van der Waals surface area contributed by atoms with E-state index in [0.29, 0.717) is 0 Å².